The molecule has 1 aliphatic heterocycles. The van der Waals surface area contributed by atoms with E-state index in [0.717, 1.165) is 26.2 Å². The Bertz CT molecular complexity index is 1090. The van der Waals surface area contributed by atoms with E-state index >= 15 is 0 Å². The maximum Gasteiger partial charge on any atom is 0.417 e. The van der Waals surface area contributed by atoms with Crippen molar-refractivity contribution < 1.29 is 41.0 Å². The highest BCUT2D eigenvalue weighted by atomic mass is 19.4. The predicted octanol–water partition coefficient (Wildman–Crippen LogP) is 4.65. The van der Waals surface area contributed by atoms with Crippen molar-refractivity contribution in [2.24, 2.45) is 5.92 Å². The molecule has 2 heterocycles. The Morgan fingerprint density at radius 3 is 2.45 bits per heavy atom. The van der Waals surface area contributed by atoms with Crippen LogP contribution in [0.25, 0.3) is 0 Å². The van der Waals surface area contributed by atoms with Gasteiger partial charge in [0.2, 0.25) is 5.82 Å². The molecule has 33 heavy (non-hydrogen) atoms. The minimum absolute atomic E-state index is 0.0347. The molecule has 11 heteroatoms. The van der Waals surface area contributed by atoms with E-state index < -0.39 is 53.0 Å². The Balaban J connectivity index is 2.07. The van der Waals surface area contributed by atoms with Gasteiger partial charge in [-0.15, -0.1) is 0 Å². The minimum Gasteiger partial charge on any atom is -0.493 e. The first-order valence-corrected chi connectivity index (χ1v) is 9.86. The van der Waals surface area contributed by atoms with E-state index in [1.165, 1.54) is 32.2 Å². The number of anilines is 1. The first-order valence-electron chi connectivity index (χ1n) is 9.86. The topological polar surface area (TPSA) is 77.5 Å². The van der Waals surface area contributed by atoms with Gasteiger partial charge in [0.1, 0.15) is 11.8 Å². The number of alkyl halides is 3. The fourth-order valence-corrected chi connectivity index (χ4v) is 3.95. The maximum absolute atomic E-state index is 14.4. The van der Waals surface area contributed by atoms with Crippen molar-refractivity contribution in [3.8, 4) is 5.75 Å². The zero-order chi connectivity index (χ0) is 24.7. The van der Waals surface area contributed by atoms with Gasteiger partial charge in [0.15, 0.2) is 23.0 Å². The average Bonchev–Trinajstić information content (AvgIpc) is 3.02. The number of hydrogen-bond donors (Lipinski definition) is 1. The summed E-state index contributed by atoms with van der Waals surface area (Å²) in [5.41, 5.74) is -2.77. The number of methoxy groups -OCH3 is 1. The van der Waals surface area contributed by atoms with Gasteiger partial charge in [0, 0.05) is 36.2 Å². The lowest BCUT2D eigenvalue weighted by Gasteiger charge is -2.32. The number of hydrogen-bond acceptors (Lipinski definition) is 5. The normalized spacial score (nSPS) is 25.1. The molecule has 178 valence electrons. The van der Waals surface area contributed by atoms with Gasteiger partial charge in [-0.25, -0.2) is 4.39 Å². The minimum atomic E-state index is -4.87. The van der Waals surface area contributed by atoms with Gasteiger partial charge in [0.25, 0.3) is 5.91 Å². The Hall–Kier alpha value is -3.08. The molecular formula is C22H21F5N2O4. The molecule has 0 bridgehead atoms. The van der Waals surface area contributed by atoms with Crippen LogP contribution in [0.1, 0.15) is 42.7 Å². The number of rotatable bonds is 5. The SMILES string of the molecule is COc1c([C@@H]2[C@@H](C(=O)Nc3ccnc(C(C)=O)c3)O[C@@](C)(C(F)(F)F)[C@H]2C)ccc(F)c1F. The lowest BCUT2D eigenvalue weighted by atomic mass is 9.77. The van der Waals surface area contributed by atoms with Crippen LogP contribution in [-0.4, -0.2) is 41.7 Å². The highest BCUT2D eigenvalue weighted by molar-refractivity contribution is 5.97. The monoisotopic (exact) mass is 472 g/mol. The smallest absolute Gasteiger partial charge is 0.417 e. The number of nitrogens with one attached hydrogen (secondary N) is 1. The van der Waals surface area contributed by atoms with E-state index in [0.29, 0.717) is 0 Å². The number of ether oxygens (including phenoxy) is 2. The molecule has 1 saturated heterocycles. The van der Waals surface area contributed by atoms with Crippen molar-refractivity contribution in [3.05, 3.63) is 53.4 Å². The van der Waals surface area contributed by atoms with Gasteiger partial charge in [-0.05, 0) is 25.1 Å². The highest BCUT2D eigenvalue weighted by Gasteiger charge is 2.65. The van der Waals surface area contributed by atoms with Crippen LogP contribution in [0.3, 0.4) is 0 Å². The molecule has 0 radical (unpaired) electrons. The number of Topliss-reactive ketones (excluding diaryl/α,β-unsaturated/α-hetero) is 1. The molecule has 0 saturated carbocycles. The average molecular weight is 472 g/mol. The fraction of sp³-hybridized carbons (Fsp3) is 0.409. The second-order valence-corrected chi connectivity index (χ2v) is 7.92. The van der Waals surface area contributed by atoms with Crippen molar-refractivity contribution >= 4 is 17.4 Å². The Labute approximate surface area is 186 Å². The van der Waals surface area contributed by atoms with Crippen molar-refractivity contribution in [2.45, 2.75) is 44.6 Å². The number of aromatic nitrogens is 1. The summed E-state index contributed by atoms with van der Waals surface area (Å²) in [4.78, 5) is 28.5. The van der Waals surface area contributed by atoms with E-state index in [1.54, 1.807) is 0 Å². The van der Waals surface area contributed by atoms with Crippen molar-refractivity contribution in [1.29, 1.82) is 0 Å². The third-order valence-electron chi connectivity index (χ3n) is 5.96. The molecule has 3 rings (SSSR count). The lowest BCUT2D eigenvalue weighted by Crippen LogP contribution is -2.47. The van der Waals surface area contributed by atoms with Gasteiger partial charge in [-0.2, -0.15) is 17.6 Å². The Kier molecular flexibility index (Phi) is 6.47. The molecular weight excluding hydrogens is 451 g/mol. The standard InChI is InChI=1S/C22H21F5N2O4/c1-10-16(13-5-6-14(23)17(24)18(13)32-4)19(33-21(10,3)22(25,26)27)20(31)29-12-7-8-28-15(9-12)11(2)30/h5-10,16,19H,1-4H3,(H,28,29,31)/t10-,16+,19-,21+/m0/s1. The van der Waals surface area contributed by atoms with Crippen LogP contribution in [-0.2, 0) is 9.53 Å². The van der Waals surface area contributed by atoms with Gasteiger partial charge in [-0.1, -0.05) is 13.0 Å². The van der Waals surface area contributed by atoms with Crippen LogP contribution >= 0.6 is 0 Å². The number of ketones is 1. The van der Waals surface area contributed by atoms with Gasteiger partial charge in [0.05, 0.1) is 7.11 Å². The van der Waals surface area contributed by atoms with Gasteiger partial charge in [-0.3, -0.25) is 14.6 Å². The molecule has 1 fully saturated rings. The van der Waals surface area contributed by atoms with Crippen LogP contribution in [0.4, 0.5) is 27.6 Å². The highest BCUT2D eigenvalue weighted by Crippen LogP contribution is 2.55. The zero-order valence-electron chi connectivity index (χ0n) is 18.1. The number of benzene rings is 1. The molecule has 6 nitrogen and oxygen atoms in total. The third-order valence-corrected chi connectivity index (χ3v) is 5.96. The van der Waals surface area contributed by atoms with Crippen molar-refractivity contribution in [1.82, 2.24) is 4.98 Å². The van der Waals surface area contributed by atoms with Crippen LogP contribution < -0.4 is 10.1 Å². The molecule has 1 aromatic carbocycles. The maximum atomic E-state index is 14.4. The summed E-state index contributed by atoms with van der Waals surface area (Å²) in [5.74, 6) is -7.31. The van der Waals surface area contributed by atoms with E-state index in [1.807, 2.05) is 0 Å². The van der Waals surface area contributed by atoms with Crippen molar-refractivity contribution in [3.63, 3.8) is 0 Å². The van der Waals surface area contributed by atoms with Crippen molar-refractivity contribution in [2.75, 3.05) is 12.4 Å². The second-order valence-electron chi connectivity index (χ2n) is 7.92. The van der Waals surface area contributed by atoms with E-state index in [9.17, 15) is 31.5 Å². The molecule has 0 unspecified atom stereocenters. The predicted molar refractivity (Wildman–Crippen MR) is 107 cm³/mol. The van der Waals surface area contributed by atoms with Gasteiger partial charge >= 0.3 is 6.18 Å². The molecule has 0 spiro atoms. The summed E-state index contributed by atoms with van der Waals surface area (Å²) in [6, 6.07) is 4.43. The molecule has 1 aliphatic rings. The molecule has 0 aliphatic carbocycles. The van der Waals surface area contributed by atoms with E-state index in [4.69, 9.17) is 9.47 Å². The summed E-state index contributed by atoms with van der Waals surface area (Å²) in [5, 5.41) is 2.42. The number of carbonyl (C=O) groups excluding carboxylic acids is 2. The molecule has 1 amide bonds. The molecule has 2 aromatic rings. The quantitative estimate of drug-likeness (QED) is 0.507. The summed E-state index contributed by atoms with van der Waals surface area (Å²) in [6.45, 7) is 3.27. The molecule has 4 atom stereocenters. The first-order chi connectivity index (χ1) is 15.3. The number of pyridine rings is 1. The second kappa shape index (κ2) is 8.69. The number of halogens is 5. The van der Waals surface area contributed by atoms with Crippen LogP contribution in [0, 0.1) is 17.6 Å². The number of carbonyl (C=O) groups is 2. The van der Waals surface area contributed by atoms with Crippen LogP contribution in [0.15, 0.2) is 30.5 Å². The molecule has 1 N–H and O–H groups in total. The van der Waals surface area contributed by atoms with Crippen LogP contribution in [0.2, 0.25) is 0 Å². The summed E-state index contributed by atoms with van der Waals surface area (Å²) in [7, 11) is 1.04. The van der Waals surface area contributed by atoms with Gasteiger partial charge < -0.3 is 14.8 Å². The first kappa shape index (κ1) is 24.6. The number of amides is 1. The summed E-state index contributed by atoms with van der Waals surface area (Å²) < 4.78 is 80.2. The Morgan fingerprint density at radius 1 is 1.21 bits per heavy atom. The third kappa shape index (κ3) is 4.29. The zero-order valence-corrected chi connectivity index (χ0v) is 18.1. The molecule has 1 aromatic heterocycles. The largest absolute Gasteiger partial charge is 0.493 e. The lowest BCUT2D eigenvalue weighted by molar-refractivity contribution is -0.272. The number of nitrogens with zero attached hydrogens (tertiary/aromatic N) is 1. The fourth-order valence-electron chi connectivity index (χ4n) is 3.95. The van der Waals surface area contributed by atoms with E-state index in [2.05, 4.69) is 10.3 Å². The van der Waals surface area contributed by atoms with Crippen LogP contribution in [0.5, 0.6) is 5.75 Å². The summed E-state index contributed by atoms with van der Waals surface area (Å²) >= 11 is 0. The van der Waals surface area contributed by atoms with E-state index in [-0.39, 0.29) is 22.7 Å². The summed E-state index contributed by atoms with van der Waals surface area (Å²) in [6.07, 6.45) is -5.36. The Morgan fingerprint density at radius 2 is 1.88 bits per heavy atom.